The van der Waals surface area contributed by atoms with Crippen molar-refractivity contribution < 1.29 is 9.53 Å². The lowest BCUT2D eigenvalue weighted by molar-refractivity contribution is -0.121. The van der Waals surface area contributed by atoms with Gasteiger partial charge in [0.25, 0.3) is 0 Å². The summed E-state index contributed by atoms with van der Waals surface area (Å²) < 4.78 is 5.56. The molecule has 2 aromatic rings. The van der Waals surface area contributed by atoms with E-state index in [1.54, 1.807) is 0 Å². The molecule has 0 saturated carbocycles. The Kier molecular flexibility index (Phi) is 5.83. The Morgan fingerprint density at radius 3 is 2.52 bits per heavy atom. The number of amides is 1. The first kappa shape index (κ1) is 15.1. The Balaban J connectivity index is 1.63. The summed E-state index contributed by atoms with van der Waals surface area (Å²) in [5, 5.41) is 2.94. The maximum Gasteiger partial charge on any atom is 0.220 e. The van der Waals surface area contributed by atoms with Crippen LogP contribution in [0.5, 0.6) is 5.75 Å². The zero-order valence-corrected chi connectivity index (χ0v) is 12.3. The van der Waals surface area contributed by atoms with Gasteiger partial charge in [0.1, 0.15) is 5.75 Å². The number of rotatable bonds is 7. The first-order valence-corrected chi connectivity index (χ1v) is 7.25. The van der Waals surface area contributed by atoms with E-state index in [9.17, 15) is 4.79 Å². The average Bonchev–Trinajstić information content (AvgIpc) is 2.52. The van der Waals surface area contributed by atoms with Crippen molar-refractivity contribution in [3.63, 3.8) is 0 Å². The second-order valence-electron chi connectivity index (χ2n) is 4.97. The fourth-order valence-electron chi connectivity index (χ4n) is 2.03. The fourth-order valence-corrected chi connectivity index (χ4v) is 2.03. The highest BCUT2D eigenvalue weighted by Gasteiger charge is 2.03. The Morgan fingerprint density at radius 2 is 1.76 bits per heavy atom. The maximum atomic E-state index is 11.8. The molecule has 2 rings (SSSR count). The van der Waals surface area contributed by atoms with Crippen molar-refractivity contribution in [1.29, 1.82) is 0 Å². The lowest BCUT2D eigenvalue weighted by Gasteiger charge is -2.08. The minimum atomic E-state index is 0.0647. The normalized spacial score (nSPS) is 10.1. The van der Waals surface area contributed by atoms with E-state index in [2.05, 4.69) is 18.3 Å². The zero-order chi connectivity index (χ0) is 14.9. The van der Waals surface area contributed by atoms with Gasteiger partial charge in [-0.1, -0.05) is 42.5 Å². The minimum Gasteiger partial charge on any atom is -0.494 e. The number of aryl methyl sites for hydroxylation is 1. The number of carbonyl (C=O) groups is 1. The predicted octanol–water partition coefficient (Wildman–Crippen LogP) is 3.47. The minimum absolute atomic E-state index is 0.0647. The zero-order valence-electron chi connectivity index (χ0n) is 12.3. The van der Waals surface area contributed by atoms with Gasteiger partial charge in [0.15, 0.2) is 0 Å². The summed E-state index contributed by atoms with van der Waals surface area (Å²) in [6.07, 6.45) is 1.20. The molecule has 110 valence electrons. The molecule has 0 atom stereocenters. The molecule has 21 heavy (non-hydrogen) atoms. The Hall–Kier alpha value is -2.29. The Labute approximate surface area is 126 Å². The van der Waals surface area contributed by atoms with Crippen LogP contribution in [0.25, 0.3) is 0 Å². The average molecular weight is 283 g/mol. The fraction of sp³-hybridized carbons (Fsp3) is 0.278. The van der Waals surface area contributed by atoms with E-state index in [0.717, 1.165) is 11.3 Å². The van der Waals surface area contributed by atoms with Gasteiger partial charge < -0.3 is 10.1 Å². The van der Waals surface area contributed by atoms with Crippen molar-refractivity contribution in [3.05, 3.63) is 65.7 Å². The summed E-state index contributed by atoms with van der Waals surface area (Å²) in [5.41, 5.74) is 2.36. The second kappa shape index (κ2) is 8.10. The molecule has 0 aliphatic carbocycles. The topological polar surface area (TPSA) is 38.3 Å². The van der Waals surface area contributed by atoms with E-state index < -0.39 is 0 Å². The molecule has 0 aliphatic rings. The molecular weight excluding hydrogens is 262 g/mol. The Bertz CT molecular complexity index is 566. The third kappa shape index (κ3) is 5.30. The van der Waals surface area contributed by atoms with Gasteiger partial charge in [0.2, 0.25) is 5.91 Å². The van der Waals surface area contributed by atoms with Crippen LogP contribution in [0.1, 0.15) is 24.0 Å². The van der Waals surface area contributed by atoms with Crippen LogP contribution in [0.4, 0.5) is 0 Å². The quantitative estimate of drug-likeness (QED) is 0.790. The highest BCUT2D eigenvalue weighted by atomic mass is 16.5. The summed E-state index contributed by atoms with van der Waals surface area (Å²) in [6.45, 7) is 3.20. The first-order valence-electron chi connectivity index (χ1n) is 7.25. The van der Waals surface area contributed by atoms with Gasteiger partial charge in [0, 0.05) is 13.0 Å². The summed E-state index contributed by atoms with van der Waals surface area (Å²) in [4.78, 5) is 11.8. The number of benzene rings is 2. The third-order valence-corrected chi connectivity index (χ3v) is 3.30. The number of hydrogen-bond donors (Lipinski definition) is 1. The van der Waals surface area contributed by atoms with Crippen LogP contribution >= 0.6 is 0 Å². The van der Waals surface area contributed by atoms with E-state index in [0.29, 0.717) is 26.0 Å². The van der Waals surface area contributed by atoms with Crippen molar-refractivity contribution in [2.24, 2.45) is 0 Å². The van der Waals surface area contributed by atoms with E-state index in [-0.39, 0.29) is 5.91 Å². The predicted molar refractivity (Wildman–Crippen MR) is 84.2 cm³/mol. The van der Waals surface area contributed by atoms with E-state index >= 15 is 0 Å². The van der Waals surface area contributed by atoms with Gasteiger partial charge in [-0.05, 0) is 36.6 Å². The molecule has 0 bridgehead atoms. The SMILES string of the molecule is Cc1ccccc1CNC(=O)CCCOc1ccccc1. The number of para-hydroxylation sites is 1. The molecule has 0 unspecified atom stereocenters. The van der Waals surface area contributed by atoms with Crippen molar-refractivity contribution in [2.75, 3.05) is 6.61 Å². The largest absolute Gasteiger partial charge is 0.494 e. The number of ether oxygens (including phenoxy) is 1. The molecule has 0 aliphatic heterocycles. The van der Waals surface area contributed by atoms with Crippen molar-refractivity contribution in [3.8, 4) is 5.75 Å². The van der Waals surface area contributed by atoms with Crippen LogP contribution in [0.15, 0.2) is 54.6 Å². The summed E-state index contributed by atoms with van der Waals surface area (Å²) >= 11 is 0. The standard InChI is InChI=1S/C18H21NO2/c1-15-8-5-6-9-16(15)14-19-18(20)12-7-13-21-17-10-3-2-4-11-17/h2-6,8-11H,7,12-14H2,1H3,(H,19,20). The smallest absolute Gasteiger partial charge is 0.220 e. The molecule has 0 radical (unpaired) electrons. The lowest BCUT2D eigenvalue weighted by atomic mass is 10.1. The van der Waals surface area contributed by atoms with Gasteiger partial charge >= 0.3 is 0 Å². The van der Waals surface area contributed by atoms with E-state index in [1.807, 2.05) is 48.5 Å². The molecule has 3 heteroatoms. The van der Waals surface area contributed by atoms with Crippen LogP contribution < -0.4 is 10.1 Å². The van der Waals surface area contributed by atoms with Crippen molar-refractivity contribution in [2.45, 2.75) is 26.3 Å². The summed E-state index contributed by atoms with van der Waals surface area (Å²) in [7, 11) is 0. The van der Waals surface area contributed by atoms with Gasteiger partial charge in [-0.25, -0.2) is 0 Å². The molecule has 0 heterocycles. The molecule has 0 fully saturated rings. The molecule has 0 aromatic heterocycles. The van der Waals surface area contributed by atoms with Crippen molar-refractivity contribution >= 4 is 5.91 Å². The molecule has 3 nitrogen and oxygen atoms in total. The van der Waals surface area contributed by atoms with Gasteiger partial charge in [-0.15, -0.1) is 0 Å². The summed E-state index contributed by atoms with van der Waals surface area (Å²) in [6, 6.07) is 17.7. The third-order valence-electron chi connectivity index (χ3n) is 3.30. The second-order valence-corrected chi connectivity index (χ2v) is 4.97. The highest BCUT2D eigenvalue weighted by Crippen LogP contribution is 2.09. The molecular formula is C18H21NO2. The first-order chi connectivity index (χ1) is 10.3. The molecule has 1 N–H and O–H groups in total. The molecule has 0 saturated heterocycles. The van der Waals surface area contributed by atoms with Gasteiger partial charge in [0.05, 0.1) is 6.61 Å². The number of nitrogens with one attached hydrogen (secondary N) is 1. The maximum absolute atomic E-state index is 11.8. The van der Waals surface area contributed by atoms with Crippen molar-refractivity contribution in [1.82, 2.24) is 5.32 Å². The number of carbonyl (C=O) groups excluding carboxylic acids is 1. The van der Waals surface area contributed by atoms with Crippen LogP contribution in [0.3, 0.4) is 0 Å². The monoisotopic (exact) mass is 283 g/mol. The van der Waals surface area contributed by atoms with Gasteiger partial charge in [-0.3, -0.25) is 4.79 Å². The highest BCUT2D eigenvalue weighted by molar-refractivity contribution is 5.75. The van der Waals surface area contributed by atoms with Crippen LogP contribution in [0.2, 0.25) is 0 Å². The van der Waals surface area contributed by atoms with E-state index in [4.69, 9.17) is 4.74 Å². The lowest BCUT2D eigenvalue weighted by Crippen LogP contribution is -2.23. The van der Waals surface area contributed by atoms with Crippen LogP contribution in [-0.2, 0) is 11.3 Å². The molecule has 0 spiro atoms. The molecule has 1 amide bonds. The van der Waals surface area contributed by atoms with Crippen LogP contribution in [-0.4, -0.2) is 12.5 Å². The van der Waals surface area contributed by atoms with E-state index in [1.165, 1.54) is 5.56 Å². The van der Waals surface area contributed by atoms with Crippen LogP contribution in [0, 0.1) is 6.92 Å². The Morgan fingerprint density at radius 1 is 1.05 bits per heavy atom. The molecule has 2 aromatic carbocycles. The summed E-state index contributed by atoms with van der Waals surface area (Å²) in [5.74, 6) is 0.910. The number of hydrogen-bond acceptors (Lipinski definition) is 2. The van der Waals surface area contributed by atoms with Gasteiger partial charge in [-0.2, -0.15) is 0 Å².